The second-order valence-corrected chi connectivity index (χ2v) is 5.94. The van der Waals surface area contributed by atoms with Crippen LogP contribution in [-0.2, 0) is 0 Å². The number of hydrogen-bond donors (Lipinski definition) is 0. The lowest BCUT2D eigenvalue weighted by molar-refractivity contribution is 1.45. The number of nitrogens with zero attached hydrogens (tertiary/aromatic N) is 1. The Bertz CT molecular complexity index is 314. The van der Waals surface area contributed by atoms with E-state index in [0.717, 1.165) is 11.3 Å². The topological polar surface area (TPSA) is 12.9 Å². The van der Waals surface area contributed by atoms with Gasteiger partial charge in [0.2, 0.25) is 0 Å². The highest BCUT2D eigenvalue weighted by atomic mass is 32.1. The Kier molecular flexibility index (Phi) is 0.612. The van der Waals surface area contributed by atoms with Gasteiger partial charge in [0.1, 0.15) is 8.07 Å². The monoisotopic (exact) mass is 163 g/mol. The minimum absolute atomic E-state index is 0.266. The molecule has 1 rings (SSSR count). The highest BCUT2D eigenvalue weighted by Gasteiger charge is 2.18. The summed E-state index contributed by atoms with van der Waals surface area (Å²) in [6.07, 6.45) is 1.45. The van der Waals surface area contributed by atoms with Crippen LogP contribution in [0.5, 0.6) is 0 Å². The van der Waals surface area contributed by atoms with Gasteiger partial charge in [-0.1, -0.05) is 19.5 Å². The molecule has 0 bridgehead atoms. The normalized spacial score (nSPS) is 24.6. The van der Waals surface area contributed by atoms with Crippen molar-refractivity contribution in [3.05, 3.63) is 11.6 Å². The van der Waals surface area contributed by atoms with Crippen LogP contribution in [0.15, 0.2) is 11.6 Å². The van der Waals surface area contributed by atoms with Crippen LogP contribution in [0, 0.1) is 0 Å². The predicted octanol–water partition coefficient (Wildman–Crippen LogP) is 1.69. The molecule has 0 aliphatic carbocycles. The van der Waals surface area contributed by atoms with Gasteiger partial charge >= 0.3 is 0 Å². The van der Waals surface area contributed by atoms with E-state index in [-0.39, 0.29) is 4.63 Å². The van der Waals surface area contributed by atoms with Gasteiger partial charge in [0.05, 0.1) is 4.63 Å². The van der Waals surface area contributed by atoms with Crippen molar-refractivity contribution in [2.75, 3.05) is 0 Å². The molecule has 1 heterocycles. The van der Waals surface area contributed by atoms with Crippen LogP contribution in [0.4, 0.5) is 0 Å². The summed E-state index contributed by atoms with van der Waals surface area (Å²) in [6.45, 7) is -3.57. The highest BCUT2D eigenvalue weighted by molar-refractivity contribution is 7.24. The Morgan fingerprint density at radius 3 is 3.00 bits per heavy atom. The lowest BCUT2D eigenvalue weighted by Gasteiger charge is -2.09. The van der Waals surface area contributed by atoms with E-state index in [1.165, 1.54) is 12.7 Å². The zero-order chi connectivity index (χ0) is 11.9. The van der Waals surface area contributed by atoms with Gasteiger partial charge in [-0.2, -0.15) is 0 Å². The molecule has 0 saturated heterocycles. The van der Waals surface area contributed by atoms with Gasteiger partial charge in [-0.25, -0.2) is 0 Å². The summed E-state index contributed by atoms with van der Waals surface area (Å²) in [5.74, 6) is 0. The molecule has 1 nitrogen and oxygen atoms in total. The third-order valence-corrected chi connectivity index (χ3v) is 4.01. The van der Waals surface area contributed by atoms with Crippen LogP contribution in [-0.4, -0.2) is 13.1 Å². The Morgan fingerprint density at radius 1 is 1.78 bits per heavy atom. The summed E-state index contributed by atoms with van der Waals surface area (Å²) >= 11 is 1.11. The van der Waals surface area contributed by atoms with Gasteiger partial charge in [-0.15, -0.1) is 11.3 Å². The predicted molar refractivity (Wildman–Crippen MR) is 45.1 cm³/mol. The number of aromatic nitrogens is 1. The van der Waals surface area contributed by atoms with Crippen molar-refractivity contribution in [2.24, 2.45) is 0 Å². The zero-order valence-corrected chi connectivity index (χ0v) is 6.83. The summed E-state index contributed by atoms with van der Waals surface area (Å²) in [6, 6.07) is 0. The fraction of sp³-hybridized carbons (Fsp3) is 0.500. The fourth-order valence-electron chi connectivity index (χ4n) is 0.470. The summed E-state index contributed by atoms with van der Waals surface area (Å²) in [7, 11) is -3.57. The quantitative estimate of drug-likeness (QED) is 0.574. The van der Waals surface area contributed by atoms with E-state index in [1.807, 2.05) is 0 Å². The van der Waals surface area contributed by atoms with Crippen LogP contribution in [0.2, 0.25) is 19.5 Å². The van der Waals surface area contributed by atoms with Crippen LogP contribution >= 0.6 is 11.3 Å². The lowest BCUT2D eigenvalue weighted by Crippen LogP contribution is -2.36. The van der Waals surface area contributed by atoms with Crippen LogP contribution < -0.4 is 4.63 Å². The van der Waals surface area contributed by atoms with Gasteiger partial charge in [-0.05, 0) is 0 Å². The van der Waals surface area contributed by atoms with E-state index in [4.69, 9.17) is 8.22 Å². The minimum Gasteiger partial charge on any atom is -0.255 e. The molecular weight excluding hydrogens is 146 g/mol. The average molecular weight is 163 g/mol. The molecule has 0 aliphatic heterocycles. The fourth-order valence-corrected chi connectivity index (χ4v) is 2.32. The van der Waals surface area contributed by atoms with Crippen molar-refractivity contribution in [1.82, 2.24) is 4.98 Å². The first-order valence-electron chi connectivity index (χ1n) is 5.50. The zero-order valence-electron chi connectivity index (χ0n) is 11.0. The Hall–Kier alpha value is -0.153. The first kappa shape index (κ1) is 2.47. The van der Waals surface area contributed by atoms with E-state index in [9.17, 15) is 0 Å². The standard InChI is InChI=1S/C6H11NSSi/c1-9(2,3)6-7-4-5-8-6/h4-5H,1-3H3/i1D3,2D3. The maximum absolute atomic E-state index is 7.42. The highest BCUT2D eigenvalue weighted by Crippen LogP contribution is 2.03. The molecule has 0 fully saturated rings. The average Bonchev–Trinajstić information content (AvgIpc) is 2.49. The second-order valence-electron chi connectivity index (χ2n) is 1.96. The van der Waals surface area contributed by atoms with E-state index in [2.05, 4.69) is 4.98 Å². The molecular formula is C6H11NSSi. The van der Waals surface area contributed by atoms with Gasteiger partial charge in [0.15, 0.2) is 0 Å². The van der Waals surface area contributed by atoms with Crippen molar-refractivity contribution in [2.45, 2.75) is 19.5 Å². The molecule has 9 heavy (non-hydrogen) atoms. The Morgan fingerprint density at radius 2 is 2.56 bits per heavy atom. The minimum atomic E-state index is -3.57. The first-order chi connectivity index (χ1) is 6.61. The van der Waals surface area contributed by atoms with E-state index in [0.29, 0.717) is 0 Å². The maximum Gasteiger partial charge on any atom is 0.114 e. The first-order valence-corrected chi connectivity index (χ1v) is 5.88. The Labute approximate surface area is 69.2 Å². The van der Waals surface area contributed by atoms with Crippen LogP contribution in [0.3, 0.4) is 0 Å². The largest absolute Gasteiger partial charge is 0.255 e. The molecule has 3 heteroatoms. The Balaban J connectivity index is 3.33. The molecule has 0 spiro atoms. The molecule has 0 aromatic carbocycles. The second kappa shape index (κ2) is 2.23. The molecule has 0 amide bonds. The molecule has 0 N–H and O–H groups in total. The smallest absolute Gasteiger partial charge is 0.114 e. The van der Waals surface area contributed by atoms with Crippen molar-refractivity contribution in [3.63, 3.8) is 0 Å². The molecule has 50 valence electrons. The third-order valence-electron chi connectivity index (χ3n) is 0.860. The summed E-state index contributed by atoms with van der Waals surface area (Å²) in [4.78, 5) is 3.88. The van der Waals surface area contributed by atoms with E-state index in [1.54, 1.807) is 5.38 Å². The van der Waals surface area contributed by atoms with Gasteiger partial charge in [-0.3, -0.25) is 4.98 Å². The summed E-state index contributed by atoms with van der Waals surface area (Å²) in [5, 5.41) is 1.61. The molecule has 0 radical (unpaired) electrons. The SMILES string of the molecule is [2H]C([2H])([2H])[Si](C)(c1nccs1)C([2H])([2H])[2H]. The molecule has 0 atom stereocenters. The molecule has 0 saturated carbocycles. The number of rotatable bonds is 1. The number of thiazole rings is 1. The summed E-state index contributed by atoms with van der Waals surface area (Å²) in [5.41, 5.74) is 0. The van der Waals surface area contributed by atoms with Crippen molar-refractivity contribution >= 4 is 24.0 Å². The molecule has 1 aromatic rings. The van der Waals surface area contributed by atoms with Crippen molar-refractivity contribution < 1.29 is 8.22 Å². The van der Waals surface area contributed by atoms with Gasteiger partial charge in [0, 0.05) is 19.8 Å². The van der Waals surface area contributed by atoms with Gasteiger partial charge < -0.3 is 0 Å². The van der Waals surface area contributed by atoms with Crippen LogP contribution in [0.25, 0.3) is 0 Å². The number of hydrogen-bond acceptors (Lipinski definition) is 2. The molecule has 1 aromatic heterocycles. The van der Waals surface area contributed by atoms with Crippen LogP contribution in [0.1, 0.15) is 8.22 Å². The van der Waals surface area contributed by atoms with E-state index < -0.39 is 21.0 Å². The molecule has 0 unspecified atom stereocenters. The van der Waals surface area contributed by atoms with Crippen molar-refractivity contribution in [1.29, 1.82) is 0 Å². The molecule has 0 aliphatic rings. The van der Waals surface area contributed by atoms with Crippen molar-refractivity contribution in [3.8, 4) is 0 Å². The summed E-state index contributed by atoms with van der Waals surface area (Å²) < 4.78 is 44.8. The maximum atomic E-state index is 7.42. The van der Waals surface area contributed by atoms with E-state index >= 15 is 0 Å². The third kappa shape index (κ3) is 1.63. The lowest BCUT2D eigenvalue weighted by atomic mass is 11.0. The van der Waals surface area contributed by atoms with Gasteiger partial charge in [0.25, 0.3) is 0 Å².